The molecule has 0 saturated heterocycles. The van der Waals surface area contributed by atoms with E-state index in [-0.39, 0.29) is 6.54 Å². The van der Waals surface area contributed by atoms with E-state index in [1.165, 1.54) is 4.57 Å². The molecular weight excluding hydrogens is 384 g/mol. The number of hydrogen-bond acceptors (Lipinski definition) is 6. The first-order valence-corrected chi connectivity index (χ1v) is 9.62. The van der Waals surface area contributed by atoms with Gasteiger partial charge in [0.25, 0.3) is 5.56 Å². The van der Waals surface area contributed by atoms with Gasteiger partial charge in [-0.3, -0.25) is 19.3 Å². The summed E-state index contributed by atoms with van der Waals surface area (Å²) in [6.45, 7) is 1.41. The maximum atomic E-state index is 12.7. The van der Waals surface area contributed by atoms with Gasteiger partial charge in [0.1, 0.15) is 5.65 Å². The van der Waals surface area contributed by atoms with E-state index >= 15 is 0 Å². The summed E-state index contributed by atoms with van der Waals surface area (Å²) in [5.74, 6) is 1.33. The Labute approximate surface area is 170 Å². The molecule has 4 heterocycles. The van der Waals surface area contributed by atoms with Gasteiger partial charge in [0.2, 0.25) is 0 Å². The van der Waals surface area contributed by atoms with Gasteiger partial charge in [0, 0.05) is 24.4 Å². The first-order valence-electron chi connectivity index (χ1n) is 9.62. The third-order valence-corrected chi connectivity index (χ3v) is 4.97. The van der Waals surface area contributed by atoms with Crippen LogP contribution in [0, 0.1) is 0 Å². The van der Waals surface area contributed by atoms with E-state index in [1.54, 1.807) is 24.5 Å². The number of nitrogens with one attached hydrogen (secondary N) is 1. The molecule has 1 N–H and O–H groups in total. The van der Waals surface area contributed by atoms with E-state index in [2.05, 4.69) is 15.0 Å². The van der Waals surface area contributed by atoms with Gasteiger partial charge in [-0.25, -0.2) is 9.78 Å². The van der Waals surface area contributed by atoms with E-state index in [1.807, 2.05) is 30.3 Å². The Hall–Kier alpha value is -3.94. The normalized spacial score (nSPS) is 13.2. The molecule has 0 atom stereocenters. The number of ether oxygens (including phenoxy) is 2. The van der Waals surface area contributed by atoms with Crippen LogP contribution in [0.2, 0.25) is 0 Å². The van der Waals surface area contributed by atoms with Crippen LogP contribution in [0.3, 0.4) is 0 Å². The van der Waals surface area contributed by atoms with Crippen molar-refractivity contribution in [2.24, 2.45) is 0 Å². The summed E-state index contributed by atoms with van der Waals surface area (Å²) in [5.41, 5.74) is 1.38. The van der Waals surface area contributed by atoms with Crippen molar-refractivity contribution in [3.8, 4) is 22.8 Å². The fourth-order valence-corrected chi connectivity index (χ4v) is 3.57. The number of H-pyrrole nitrogens is 1. The van der Waals surface area contributed by atoms with E-state index in [4.69, 9.17) is 9.47 Å². The van der Waals surface area contributed by atoms with Crippen LogP contribution >= 0.6 is 0 Å². The van der Waals surface area contributed by atoms with Crippen molar-refractivity contribution in [2.75, 3.05) is 13.2 Å². The molecule has 0 amide bonds. The molecule has 3 aromatic heterocycles. The van der Waals surface area contributed by atoms with Crippen molar-refractivity contribution < 1.29 is 9.47 Å². The molecule has 0 saturated carbocycles. The number of fused-ring (bicyclic) bond motifs is 2. The minimum Gasteiger partial charge on any atom is -0.490 e. The Kier molecular flexibility index (Phi) is 4.51. The molecule has 4 aromatic rings. The third kappa shape index (κ3) is 3.22. The molecular formula is C22H18N4O4. The molecule has 0 spiro atoms. The molecule has 1 aliphatic heterocycles. The Bertz CT molecular complexity index is 1350. The van der Waals surface area contributed by atoms with Crippen LogP contribution in [0.5, 0.6) is 11.5 Å². The monoisotopic (exact) mass is 402 g/mol. The third-order valence-electron chi connectivity index (χ3n) is 4.97. The van der Waals surface area contributed by atoms with E-state index in [9.17, 15) is 9.59 Å². The average molecular weight is 402 g/mol. The molecule has 1 aromatic carbocycles. The zero-order chi connectivity index (χ0) is 20.5. The zero-order valence-electron chi connectivity index (χ0n) is 16.0. The maximum Gasteiger partial charge on any atom is 0.330 e. The molecule has 1 aliphatic rings. The van der Waals surface area contributed by atoms with Crippen molar-refractivity contribution in [2.45, 2.75) is 13.0 Å². The molecule has 0 bridgehead atoms. The largest absolute Gasteiger partial charge is 0.490 e. The molecule has 0 radical (unpaired) electrons. The lowest BCUT2D eigenvalue weighted by atomic mass is 10.1. The summed E-state index contributed by atoms with van der Waals surface area (Å²) in [6, 6.07) is 12.7. The lowest BCUT2D eigenvalue weighted by molar-refractivity contribution is 0.297. The summed E-state index contributed by atoms with van der Waals surface area (Å²) < 4.78 is 12.9. The highest BCUT2D eigenvalue weighted by Crippen LogP contribution is 2.31. The van der Waals surface area contributed by atoms with Crippen LogP contribution in [0.1, 0.15) is 12.0 Å². The molecule has 30 heavy (non-hydrogen) atoms. The Morgan fingerprint density at radius 1 is 0.967 bits per heavy atom. The van der Waals surface area contributed by atoms with E-state index < -0.39 is 11.2 Å². The van der Waals surface area contributed by atoms with Crippen molar-refractivity contribution in [1.29, 1.82) is 0 Å². The fourth-order valence-electron chi connectivity index (χ4n) is 3.57. The Morgan fingerprint density at radius 3 is 2.67 bits per heavy atom. The van der Waals surface area contributed by atoms with Gasteiger partial charge in [-0.15, -0.1) is 0 Å². The molecule has 8 heteroatoms. The molecule has 0 fully saturated rings. The second kappa shape index (κ2) is 7.47. The predicted molar refractivity (Wildman–Crippen MR) is 111 cm³/mol. The second-order valence-electron chi connectivity index (χ2n) is 6.95. The standard InChI is InChI=1S/C22H18N4O4/c27-21-19-15(16-4-1-2-8-23-16)7-9-24-20(19)26(22(28)25-21)13-14-5-6-17-18(12-14)30-11-3-10-29-17/h1-2,4-9,12H,3,10-11,13H2,(H,25,27,28). The summed E-state index contributed by atoms with van der Waals surface area (Å²) in [6.07, 6.45) is 4.05. The Balaban J connectivity index is 1.64. The van der Waals surface area contributed by atoms with Gasteiger partial charge >= 0.3 is 5.69 Å². The van der Waals surface area contributed by atoms with Crippen LogP contribution in [0.4, 0.5) is 0 Å². The Morgan fingerprint density at radius 2 is 1.83 bits per heavy atom. The van der Waals surface area contributed by atoms with Crippen LogP contribution < -0.4 is 20.7 Å². The van der Waals surface area contributed by atoms with Crippen LogP contribution in [-0.2, 0) is 6.54 Å². The zero-order valence-corrected chi connectivity index (χ0v) is 16.0. The van der Waals surface area contributed by atoms with Crippen molar-refractivity contribution >= 4 is 11.0 Å². The first kappa shape index (κ1) is 18.1. The summed E-state index contributed by atoms with van der Waals surface area (Å²) >= 11 is 0. The minimum absolute atomic E-state index is 0.224. The molecule has 5 rings (SSSR count). The number of aromatic amines is 1. The summed E-state index contributed by atoms with van der Waals surface area (Å²) in [7, 11) is 0. The van der Waals surface area contributed by atoms with Gasteiger partial charge in [-0.1, -0.05) is 12.1 Å². The van der Waals surface area contributed by atoms with Gasteiger partial charge in [0.05, 0.1) is 30.8 Å². The van der Waals surface area contributed by atoms with Crippen LogP contribution in [0.15, 0.2) is 64.4 Å². The fraction of sp³-hybridized carbons (Fsp3) is 0.182. The van der Waals surface area contributed by atoms with Crippen molar-refractivity contribution in [3.05, 3.63) is 81.3 Å². The highest BCUT2D eigenvalue weighted by atomic mass is 16.5. The molecule has 8 nitrogen and oxygen atoms in total. The number of rotatable bonds is 3. The lowest BCUT2D eigenvalue weighted by Gasteiger charge is -2.13. The van der Waals surface area contributed by atoms with Gasteiger partial charge in [-0.05, 0) is 35.9 Å². The van der Waals surface area contributed by atoms with Crippen LogP contribution in [0.25, 0.3) is 22.3 Å². The number of pyridine rings is 2. The number of benzene rings is 1. The number of hydrogen-bond donors (Lipinski definition) is 1. The highest BCUT2D eigenvalue weighted by Gasteiger charge is 2.16. The highest BCUT2D eigenvalue weighted by molar-refractivity contribution is 5.90. The topological polar surface area (TPSA) is 99.1 Å². The lowest BCUT2D eigenvalue weighted by Crippen LogP contribution is -2.31. The average Bonchev–Trinajstić information content (AvgIpc) is 3.02. The van der Waals surface area contributed by atoms with E-state index in [0.29, 0.717) is 47.0 Å². The second-order valence-corrected chi connectivity index (χ2v) is 6.95. The van der Waals surface area contributed by atoms with Gasteiger partial charge in [0.15, 0.2) is 11.5 Å². The SMILES string of the molecule is O=c1[nH]c(=O)n(Cc2ccc3c(c2)OCCCO3)c2nccc(-c3ccccn3)c12. The molecule has 150 valence electrons. The molecule has 0 unspecified atom stereocenters. The van der Waals surface area contributed by atoms with Crippen LogP contribution in [-0.4, -0.2) is 32.7 Å². The quantitative estimate of drug-likeness (QED) is 0.565. The summed E-state index contributed by atoms with van der Waals surface area (Å²) in [5, 5.41) is 0.324. The van der Waals surface area contributed by atoms with Crippen molar-refractivity contribution in [1.82, 2.24) is 19.5 Å². The van der Waals surface area contributed by atoms with Gasteiger partial charge in [-0.2, -0.15) is 0 Å². The number of nitrogens with zero attached hydrogens (tertiary/aromatic N) is 3. The van der Waals surface area contributed by atoms with Gasteiger partial charge < -0.3 is 9.47 Å². The smallest absolute Gasteiger partial charge is 0.330 e. The summed E-state index contributed by atoms with van der Waals surface area (Å²) in [4.78, 5) is 36.4. The van der Waals surface area contributed by atoms with E-state index in [0.717, 1.165) is 12.0 Å². The van der Waals surface area contributed by atoms with Crippen molar-refractivity contribution in [3.63, 3.8) is 0 Å². The molecule has 0 aliphatic carbocycles. The first-order chi connectivity index (χ1) is 14.7. The predicted octanol–water partition coefficient (Wildman–Crippen LogP) is 2.36. The maximum absolute atomic E-state index is 12.7. The number of aromatic nitrogens is 4. The minimum atomic E-state index is -0.523.